The van der Waals surface area contributed by atoms with E-state index >= 15 is 0 Å². The molecule has 4 heteroatoms. The molecule has 0 atom stereocenters. The minimum absolute atomic E-state index is 0.848. The summed E-state index contributed by atoms with van der Waals surface area (Å²) in [6.45, 7) is 3.99. The Morgan fingerprint density at radius 3 is 3.13 bits per heavy atom. The number of rotatable bonds is 5. The van der Waals surface area contributed by atoms with Crippen molar-refractivity contribution in [3.05, 3.63) is 40.1 Å². The van der Waals surface area contributed by atoms with Gasteiger partial charge in [0.15, 0.2) is 0 Å². The van der Waals surface area contributed by atoms with Gasteiger partial charge in [0.1, 0.15) is 0 Å². The molecule has 0 aliphatic carbocycles. The minimum Gasteiger partial charge on any atom is -0.347 e. The zero-order valence-electron chi connectivity index (χ0n) is 8.79. The maximum Gasteiger partial charge on any atom is 0.0922 e. The minimum atomic E-state index is 0.848. The second kappa shape index (κ2) is 5.09. The van der Waals surface area contributed by atoms with Crippen LogP contribution in [0.3, 0.4) is 0 Å². The summed E-state index contributed by atoms with van der Waals surface area (Å²) < 4.78 is 0. The van der Waals surface area contributed by atoms with Gasteiger partial charge in [-0.25, -0.2) is 4.98 Å². The lowest BCUT2D eigenvalue weighted by molar-refractivity contribution is 0.685. The highest BCUT2D eigenvalue weighted by Gasteiger charge is 2.01. The fraction of sp³-hybridized carbons (Fsp3) is 0.364. The average Bonchev–Trinajstić information content (AvgIpc) is 2.88. The van der Waals surface area contributed by atoms with Crippen LogP contribution in [0.25, 0.3) is 0 Å². The third-order valence-corrected chi connectivity index (χ3v) is 3.34. The van der Waals surface area contributed by atoms with Gasteiger partial charge in [0.25, 0.3) is 0 Å². The number of thiophene rings is 1. The molecule has 0 saturated heterocycles. The number of nitrogens with one attached hydrogen (secondary N) is 2. The Morgan fingerprint density at radius 1 is 1.47 bits per heavy atom. The van der Waals surface area contributed by atoms with E-state index in [1.165, 1.54) is 10.4 Å². The largest absolute Gasteiger partial charge is 0.347 e. The molecule has 0 spiro atoms. The fourth-order valence-corrected chi connectivity index (χ4v) is 2.47. The van der Waals surface area contributed by atoms with Gasteiger partial charge in [-0.3, -0.25) is 0 Å². The molecule has 2 heterocycles. The first-order valence-electron chi connectivity index (χ1n) is 5.13. The Bertz CT molecular complexity index is 392. The van der Waals surface area contributed by atoms with Gasteiger partial charge in [0.05, 0.1) is 6.33 Å². The van der Waals surface area contributed by atoms with E-state index in [2.05, 4.69) is 33.7 Å². The van der Waals surface area contributed by atoms with E-state index in [0.29, 0.717) is 0 Å². The number of imidazole rings is 1. The number of hydrogen-bond acceptors (Lipinski definition) is 3. The predicted octanol–water partition coefficient (Wildman–Crippen LogP) is 2.32. The molecule has 0 radical (unpaired) electrons. The number of nitrogens with zero attached hydrogens (tertiary/aromatic N) is 1. The molecule has 2 rings (SSSR count). The first kappa shape index (κ1) is 10.4. The SMILES string of the molecule is CCc1ccsc1CNCc1cnc[nH]1. The molecule has 0 fully saturated rings. The maximum atomic E-state index is 3.98. The number of aromatic nitrogens is 2. The average molecular weight is 221 g/mol. The third-order valence-electron chi connectivity index (χ3n) is 2.37. The lowest BCUT2D eigenvalue weighted by Gasteiger charge is -2.03. The van der Waals surface area contributed by atoms with Crippen LogP contribution in [0.15, 0.2) is 24.0 Å². The van der Waals surface area contributed by atoms with Crippen molar-refractivity contribution >= 4 is 11.3 Å². The zero-order chi connectivity index (χ0) is 10.5. The van der Waals surface area contributed by atoms with Crippen LogP contribution in [0.2, 0.25) is 0 Å². The van der Waals surface area contributed by atoms with Gasteiger partial charge in [-0.1, -0.05) is 6.92 Å². The summed E-state index contributed by atoms with van der Waals surface area (Å²) in [6, 6.07) is 2.21. The van der Waals surface area contributed by atoms with Gasteiger partial charge in [-0.2, -0.15) is 0 Å². The highest BCUT2D eigenvalue weighted by molar-refractivity contribution is 7.10. The Kier molecular flexibility index (Phi) is 3.53. The van der Waals surface area contributed by atoms with Crippen LogP contribution >= 0.6 is 11.3 Å². The van der Waals surface area contributed by atoms with Crippen LogP contribution < -0.4 is 5.32 Å². The van der Waals surface area contributed by atoms with Crippen LogP contribution in [0.4, 0.5) is 0 Å². The topological polar surface area (TPSA) is 40.7 Å². The molecule has 0 aliphatic heterocycles. The zero-order valence-corrected chi connectivity index (χ0v) is 9.60. The summed E-state index contributed by atoms with van der Waals surface area (Å²) in [7, 11) is 0. The standard InChI is InChI=1S/C11H15N3S/c1-2-9-3-4-15-11(9)7-12-5-10-6-13-8-14-10/h3-4,6,8,12H,2,5,7H2,1H3,(H,13,14). The van der Waals surface area contributed by atoms with Crippen LogP contribution in [-0.4, -0.2) is 9.97 Å². The van der Waals surface area contributed by atoms with E-state index in [1.807, 2.05) is 17.5 Å². The number of aromatic amines is 1. The molecule has 0 bridgehead atoms. The summed E-state index contributed by atoms with van der Waals surface area (Å²) in [4.78, 5) is 8.50. The molecule has 0 aromatic carbocycles. The van der Waals surface area contributed by atoms with Crippen LogP contribution in [0.5, 0.6) is 0 Å². The van der Waals surface area contributed by atoms with E-state index in [-0.39, 0.29) is 0 Å². The molecule has 0 amide bonds. The molecule has 0 saturated carbocycles. The van der Waals surface area contributed by atoms with Crippen LogP contribution in [-0.2, 0) is 19.5 Å². The van der Waals surface area contributed by atoms with Crippen molar-refractivity contribution in [3.8, 4) is 0 Å². The predicted molar refractivity (Wildman–Crippen MR) is 62.8 cm³/mol. The third kappa shape index (κ3) is 2.67. The summed E-state index contributed by atoms with van der Waals surface area (Å²) in [6.07, 6.45) is 4.67. The molecule has 2 aromatic heterocycles. The molecule has 2 N–H and O–H groups in total. The number of H-pyrrole nitrogens is 1. The Hall–Kier alpha value is -1.13. The Labute approximate surface area is 93.6 Å². The van der Waals surface area contributed by atoms with Crippen molar-refractivity contribution in [3.63, 3.8) is 0 Å². The van der Waals surface area contributed by atoms with Crippen LogP contribution in [0, 0.1) is 0 Å². The monoisotopic (exact) mass is 221 g/mol. The smallest absolute Gasteiger partial charge is 0.0922 e. The summed E-state index contributed by atoms with van der Waals surface area (Å²) in [5, 5.41) is 5.56. The Balaban J connectivity index is 1.83. The molecule has 0 aliphatic rings. The van der Waals surface area contributed by atoms with Crippen molar-refractivity contribution in [1.82, 2.24) is 15.3 Å². The fourth-order valence-electron chi connectivity index (χ4n) is 1.53. The molecule has 0 unspecified atom stereocenters. The van der Waals surface area contributed by atoms with Gasteiger partial charge < -0.3 is 10.3 Å². The van der Waals surface area contributed by atoms with Gasteiger partial charge in [-0.15, -0.1) is 11.3 Å². The molecule has 80 valence electrons. The van der Waals surface area contributed by atoms with E-state index < -0.39 is 0 Å². The molecular formula is C11H15N3S. The highest BCUT2D eigenvalue weighted by Crippen LogP contribution is 2.16. The van der Waals surface area contributed by atoms with Crippen molar-refractivity contribution in [2.45, 2.75) is 26.4 Å². The van der Waals surface area contributed by atoms with E-state index in [0.717, 1.165) is 25.2 Å². The molecular weight excluding hydrogens is 206 g/mol. The maximum absolute atomic E-state index is 3.98. The van der Waals surface area contributed by atoms with Gasteiger partial charge in [-0.05, 0) is 23.4 Å². The number of aryl methyl sites for hydroxylation is 1. The van der Waals surface area contributed by atoms with Gasteiger partial charge in [0, 0.05) is 29.9 Å². The molecule has 2 aromatic rings. The molecule has 15 heavy (non-hydrogen) atoms. The van der Waals surface area contributed by atoms with Crippen molar-refractivity contribution in [1.29, 1.82) is 0 Å². The first-order chi connectivity index (χ1) is 7.40. The van der Waals surface area contributed by atoms with Gasteiger partial charge >= 0.3 is 0 Å². The van der Waals surface area contributed by atoms with E-state index in [9.17, 15) is 0 Å². The van der Waals surface area contributed by atoms with E-state index in [1.54, 1.807) is 6.33 Å². The second-order valence-electron chi connectivity index (χ2n) is 3.40. The Morgan fingerprint density at radius 2 is 2.40 bits per heavy atom. The second-order valence-corrected chi connectivity index (χ2v) is 4.40. The van der Waals surface area contributed by atoms with E-state index in [4.69, 9.17) is 0 Å². The normalized spacial score (nSPS) is 10.7. The summed E-state index contributed by atoms with van der Waals surface area (Å²) >= 11 is 1.82. The lowest BCUT2D eigenvalue weighted by Crippen LogP contribution is -2.12. The summed E-state index contributed by atoms with van der Waals surface area (Å²) in [5.74, 6) is 0. The first-order valence-corrected chi connectivity index (χ1v) is 6.01. The van der Waals surface area contributed by atoms with Crippen molar-refractivity contribution in [2.24, 2.45) is 0 Å². The van der Waals surface area contributed by atoms with Crippen LogP contribution in [0.1, 0.15) is 23.1 Å². The van der Waals surface area contributed by atoms with Crippen molar-refractivity contribution in [2.75, 3.05) is 0 Å². The summed E-state index contributed by atoms with van der Waals surface area (Å²) in [5.41, 5.74) is 2.58. The van der Waals surface area contributed by atoms with Crippen molar-refractivity contribution < 1.29 is 0 Å². The quantitative estimate of drug-likeness (QED) is 0.813. The molecule has 3 nitrogen and oxygen atoms in total. The lowest BCUT2D eigenvalue weighted by atomic mass is 10.2. The highest BCUT2D eigenvalue weighted by atomic mass is 32.1. The number of hydrogen-bond donors (Lipinski definition) is 2. The van der Waals surface area contributed by atoms with Gasteiger partial charge in [0.2, 0.25) is 0 Å².